The molecule has 1 aliphatic rings. The monoisotopic (exact) mass is 179 g/mol. The maximum Gasteiger partial charge on any atom is 0.0672 e. The van der Waals surface area contributed by atoms with Crippen LogP contribution in [0.4, 0.5) is 0 Å². The predicted octanol–water partition coefficient (Wildman–Crippen LogP) is 1.50. The van der Waals surface area contributed by atoms with Crippen molar-refractivity contribution in [1.82, 2.24) is 15.1 Å². The Bertz CT molecular complexity index is 279. The van der Waals surface area contributed by atoms with E-state index in [4.69, 9.17) is 0 Å². The molecule has 3 nitrogen and oxygen atoms in total. The average molecular weight is 179 g/mol. The van der Waals surface area contributed by atoms with Crippen molar-refractivity contribution >= 4 is 0 Å². The molecule has 1 N–H and O–H groups in total. The summed E-state index contributed by atoms with van der Waals surface area (Å²) in [5.74, 6) is 0. The van der Waals surface area contributed by atoms with Gasteiger partial charge in [0.1, 0.15) is 0 Å². The van der Waals surface area contributed by atoms with Gasteiger partial charge in [0.2, 0.25) is 0 Å². The van der Waals surface area contributed by atoms with E-state index >= 15 is 0 Å². The SMILES string of the molecule is CNC1CCCC1n1ccc(C)n1. The van der Waals surface area contributed by atoms with E-state index in [1.807, 2.05) is 14.0 Å². The van der Waals surface area contributed by atoms with Crippen molar-refractivity contribution in [3.63, 3.8) is 0 Å². The number of hydrogen-bond donors (Lipinski definition) is 1. The minimum Gasteiger partial charge on any atom is -0.315 e. The zero-order valence-electron chi connectivity index (χ0n) is 8.33. The van der Waals surface area contributed by atoms with Crippen molar-refractivity contribution in [2.75, 3.05) is 7.05 Å². The van der Waals surface area contributed by atoms with Gasteiger partial charge in [-0.3, -0.25) is 4.68 Å². The topological polar surface area (TPSA) is 29.9 Å². The molecular formula is C10H17N3. The summed E-state index contributed by atoms with van der Waals surface area (Å²) in [6.45, 7) is 2.04. The maximum absolute atomic E-state index is 4.47. The van der Waals surface area contributed by atoms with Crippen LogP contribution in [0.5, 0.6) is 0 Å². The number of aromatic nitrogens is 2. The molecule has 1 aliphatic carbocycles. The van der Waals surface area contributed by atoms with E-state index in [2.05, 4.69) is 27.4 Å². The Hall–Kier alpha value is -0.830. The van der Waals surface area contributed by atoms with Gasteiger partial charge in [-0.1, -0.05) is 0 Å². The van der Waals surface area contributed by atoms with Gasteiger partial charge in [0.15, 0.2) is 0 Å². The maximum atomic E-state index is 4.47. The third-order valence-corrected chi connectivity index (χ3v) is 2.93. The van der Waals surface area contributed by atoms with Crippen LogP contribution in [0.1, 0.15) is 31.0 Å². The molecule has 0 bridgehead atoms. The van der Waals surface area contributed by atoms with E-state index in [0.29, 0.717) is 12.1 Å². The smallest absolute Gasteiger partial charge is 0.0672 e. The van der Waals surface area contributed by atoms with E-state index in [1.54, 1.807) is 0 Å². The Morgan fingerprint density at radius 1 is 1.54 bits per heavy atom. The van der Waals surface area contributed by atoms with Crippen LogP contribution in [0, 0.1) is 6.92 Å². The van der Waals surface area contributed by atoms with Crippen LogP contribution in [0.2, 0.25) is 0 Å². The molecular weight excluding hydrogens is 162 g/mol. The molecule has 0 radical (unpaired) electrons. The summed E-state index contributed by atoms with van der Waals surface area (Å²) in [6.07, 6.45) is 5.94. The van der Waals surface area contributed by atoms with Crippen LogP contribution in [0.15, 0.2) is 12.3 Å². The molecule has 13 heavy (non-hydrogen) atoms. The van der Waals surface area contributed by atoms with Crippen molar-refractivity contribution in [2.24, 2.45) is 0 Å². The fraction of sp³-hybridized carbons (Fsp3) is 0.700. The summed E-state index contributed by atoms with van der Waals surface area (Å²) in [5.41, 5.74) is 1.11. The molecule has 0 amide bonds. The third kappa shape index (κ3) is 1.61. The highest BCUT2D eigenvalue weighted by atomic mass is 15.3. The van der Waals surface area contributed by atoms with Crippen molar-refractivity contribution in [3.8, 4) is 0 Å². The summed E-state index contributed by atoms with van der Waals surface area (Å²) in [4.78, 5) is 0. The Kier molecular flexibility index (Phi) is 2.36. The van der Waals surface area contributed by atoms with Crippen LogP contribution in [-0.4, -0.2) is 22.9 Å². The minimum absolute atomic E-state index is 0.568. The van der Waals surface area contributed by atoms with Gasteiger partial charge >= 0.3 is 0 Å². The standard InChI is InChI=1S/C10H17N3/c1-8-6-7-13(12-8)10-5-3-4-9(10)11-2/h6-7,9-11H,3-5H2,1-2H3. The van der Waals surface area contributed by atoms with Gasteiger partial charge in [0.05, 0.1) is 11.7 Å². The molecule has 1 heterocycles. The summed E-state index contributed by atoms with van der Waals surface area (Å²) in [6, 6.07) is 3.25. The summed E-state index contributed by atoms with van der Waals surface area (Å²) in [5, 5.41) is 7.83. The van der Waals surface area contributed by atoms with Crippen LogP contribution >= 0.6 is 0 Å². The van der Waals surface area contributed by atoms with E-state index in [1.165, 1.54) is 19.3 Å². The second-order valence-corrected chi connectivity index (χ2v) is 3.83. The molecule has 1 fully saturated rings. The van der Waals surface area contributed by atoms with Gasteiger partial charge in [-0.25, -0.2) is 0 Å². The predicted molar refractivity (Wildman–Crippen MR) is 52.7 cm³/mol. The zero-order chi connectivity index (χ0) is 9.26. The Morgan fingerprint density at radius 2 is 2.38 bits per heavy atom. The fourth-order valence-corrected chi connectivity index (χ4v) is 2.21. The van der Waals surface area contributed by atoms with Crippen LogP contribution in [0.3, 0.4) is 0 Å². The van der Waals surface area contributed by atoms with Gasteiger partial charge in [0.25, 0.3) is 0 Å². The van der Waals surface area contributed by atoms with Gasteiger partial charge in [0, 0.05) is 12.2 Å². The molecule has 72 valence electrons. The number of rotatable bonds is 2. The molecule has 2 atom stereocenters. The number of hydrogen-bond acceptors (Lipinski definition) is 2. The molecule has 1 aromatic heterocycles. The first kappa shape index (κ1) is 8.75. The Balaban J connectivity index is 2.15. The molecule has 3 heteroatoms. The normalized spacial score (nSPS) is 28.2. The van der Waals surface area contributed by atoms with Crippen LogP contribution in [-0.2, 0) is 0 Å². The van der Waals surface area contributed by atoms with Crippen molar-refractivity contribution < 1.29 is 0 Å². The first-order valence-corrected chi connectivity index (χ1v) is 5.00. The second kappa shape index (κ2) is 3.50. The molecule has 0 saturated heterocycles. The largest absolute Gasteiger partial charge is 0.315 e. The third-order valence-electron chi connectivity index (χ3n) is 2.93. The van der Waals surface area contributed by atoms with E-state index in [0.717, 1.165) is 5.69 Å². The Morgan fingerprint density at radius 3 is 3.00 bits per heavy atom. The summed E-state index contributed by atoms with van der Waals surface area (Å²) in [7, 11) is 2.04. The van der Waals surface area contributed by atoms with Crippen molar-refractivity contribution in [2.45, 2.75) is 38.3 Å². The van der Waals surface area contributed by atoms with Gasteiger partial charge in [-0.05, 0) is 39.3 Å². The van der Waals surface area contributed by atoms with Crippen LogP contribution in [0.25, 0.3) is 0 Å². The highest BCUT2D eigenvalue weighted by Crippen LogP contribution is 2.29. The lowest BCUT2D eigenvalue weighted by Crippen LogP contribution is -2.31. The van der Waals surface area contributed by atoms with E-state index in [-0.39, 0.29) is 0 Å². The van der Waals surface area contributed by atoms with Crippen LogP contribution < -0.4 is 5.32 Å². The Labute approximate surface area is 79.1 Å². The van der Waals surface area contributed by atoms with Crippen molar-refractivity contribution in [1.29, 1.82) is 0 Å². The second-order valence-electron chi connectivity index (χ2n) is 3.83. The lowest BCUT2D eigenvalue weighted by molar-refractivity contribution is 0.382. The highest BCUT2D eigenvalue weighted by molar-refractivity contribution is 4.98. The lowest BCUT2D eigenvalue weighted by atomic mass is 10.2. The lowest BCUT2D eigenvalue weighted by Gasteiger charge is -2.19. The molecule has 1 aromatic rings. The minimum atomic E-state index is 0.568. The molecule has 2 unspecified atom stereocenters. The first-order valence-electron chi connectivity index (χ1n) is 5.00. The van der Waals surface area contributed by atoms with Gasteiger partial charge in [-0.15, -0.1) is 0 Å². The van der Waals surface area contributed by atoms with E-state index in [9.17, 15) is 0 Å². The fourth-order valence-electron chi connectivity index (χ4n) is 2.21. The van der Waals surface area contributed by atoms with E-state index < -0.39 is 0 Å². The zero-order valence-corrected chi connectivity index (χ0v) is 8.33. The number of nitrogens with one attached hydrogen (secondary N) is 1. The van der Waals surface area contributed by atoms with Gasteiger partial charge in [-0.2, -0.15) is 5.10 Å². The number of nitrogens with zero attached hydrogens (tertiary/aromatic N) is 2. The summed E-state index contributed by atoms with van der Waals surface area (Å²) >= 11 is 0. The molecule has 0 spiro atoms. The average Bonchev–Trinajstić information content (AvgIpc) is 2.71. The molecule has 1 saturated carbocycles. The first-order chi connectivity index (χ1) is 6.31. The molecule has 2 rings (SSSR count). The van der Waals surface area contributed by atoms with Crippen molar-refractivity contribution in [3.05, 3.63) is 18.0 Å². The molecule has 0 aromatic carbocycles. The molecule has 0 aliphatic heterocycles. The summed E-state index contributed by atoms with van der Waals surface area (Å²) < 4.78 is 2.11. The quantitative estimate of drug-likeness (QED) is 0.745. The highest BCUT2D eigenvalue weighted by Gasteiger charge is 2.27. The number of aryl methyl sites for hydroxylation is 1. The van der Waals surface area contributed by atoms with Gasteiger partial charge < -0.3 is 5.32 Å². The number of likely N-dealkylation sites (N-methyl/N-ethyl adjacent to an activating group) is 1.